The molecule has 122 valence electrons. The number of benzene rings is 1. The lowest BCUT2D eigenvalue weighted by Crippen LogP contribution is -2.19. The van der Waals surface area contributed by atoms with Crippen molar-refractivity contribution in [3.8, 4) is 22.8 Å². The number of anilines is 1. The van der Waals surface area contributed by atoms with Crippen molar-refractivity contribution >= 4 is 5.82 Å². The first-order chi connectivity index (χ1) is 11.9. The summed E-state index contributed by atoms with van der Waals surface area (Å²) in [5.41, 5.74) is 1.59. The van der Waals surface area contributed by atoms with Crippen LogP contribution in [0.15, 0.2) is 47.4 Å². The average Bonchev–Trinajstić information content (AvgIpc) is 3.33. The number of hydrogen-bond donors (Lipinski definition) is 1. The fourth-order valence-electron chi connectivity index (χ4n) is 2.68. The zero-order valence-corrected chi connectivity index (χ0v) is 13.1. The van der Waals surface area contributed by atoms with Crippen molar-refractivity contribution < 1.29 is 9.26 Å². The second-order valence-electron chi connectivity index (χ2n) is 5.59. The van der Waals surface area contributed by atoms with E-state index in [-0.39, 0.29) is 6.10 Å². The van der Waals surface area contributed by atoms with Crippen molar-refractivity contribution in [2.45, 2.75) is 18.9 Å². The Morgan fingerprint density at radius 1 is 1.21 bits per heavy atom. The fraction of sp³-hybridized carbons (Fsp3) is 0.294. The van der Waals surface area contributed by atoms with Gasteiger partial charge in [0.15, 0.2) is 0 Å². The van der Waals surface area contributed by atoms with Gasteiger partial charge in [0, 0.05) is 24.9 Å². The Kier molecular flexibility index (Phi) is 4.16. The fourth-order valence-corrected chi connectivity index (χ4v) is 2.68. The standard InChI is InChI=1S/C17H17N5O2/c1-2-5-12(6-3-1)15-21-17(24-22-15)14-10-18-11-20-16(14)19-9-13-7-4-8-23-13/h1-3,5-6,10-11,13H,4,7-9H2,(H,18,19,20)/t13-/m0/s1. The molecule has 1 aliphatic heterocycles. The summed E-state index contributed by atoms with van der Waals surface area (Å²) in [7, 11) is 0. The third-order valence-electron chi connectivity index (χ3n) is 3.92. The molecule has 4 rings (SSSR count). The van der Waals surface area contributed by atoms with Crippen LogP contribution in [0, 0.1) is 0 Å². The Hall–Kier alpha value is -2.80. The molecule has 1 atom stereocenters. The lowest BCUT2D eigenvalue weighted by molar-refractivity contribution is 0.120. The predicted octanol–water partition coefficient (Wildman–Crippen LogP) is 2.78. The monoisotopic (exact) mass is 323 g/mol. The van der Waals surface area contributed by atoms with E-state index in [1.54, 1.807) is 6.20 Å². The van der Waals surface area contributed by atoms with Gasteiger partial charge in [0.2, 0.25) is 5.82 Å². The number of hydrogen-bond acceptors (Lipinski definition) is 7. The Balaban J connectivity index is 1.56. The molecule has 0 aliphatic carbocycles. The maximum absolute atomic E-state index is 5.62. The molecule has 0 spiro atoms. The van der Waals surface area contributed by atoms with Gasteiger partial charge in [-0.15, -0.1) is 0 Å². The van der Waals surface area contributed by atoms with Crippen LogP contribution in [0.2, 0.25) is 0 Å². The molecular weight excluding hydrogens is 306 g/mol. The predicted molar refractivity (Wildman–Crippen MR) is 88.2 cm³/mol. The van der Waals surface area contributed by atoms with Crippen molar-refractivity contribution in [1.29, 1.82) is 0 Å². The van der Waals surface area contributed by atoms with Gasteiger partial charge in [0.05, 0.1) is 6.10 Å². The van der Waals surface area contributed by atoms with Gasteiger partial charge in [-0.3, -0.25) is 0 Å². The van der Waals surface area contributed by atoms with Gasteiger partial charge >= 0.3 is 0 Å². The molecule has 3 aromatic rings. The molecule has 1 fully saturated rings. The summed E-state index contributed by atoms with van der Waals surface area (Å²) in [4.78, 5) is 12.8. The molecule has 24 heavy (non-hydrogen) atoms. The first-order valence-corrected chi connectivity index (χ1v) is 7.95. The molecule has 0 amide bonds. The normalized spacial score (nSPS) is 17.1. The van der Waals surface area contributed by atoms with Crippen LogP contribution in [-0.4, -0.2) is 39.4 Å². The maximum Gasteiger partial charge on any atom is 0.263 e. The molecule has 1 aliphatic rings. The Morgan fingerprint density at radius 3 is 2.96 bits per heavy atom. The van der Waals surface area contributed by atoms with Gasteiger partial charge < -0.3 is 14.6 Å². The third-order valence-corrected chi connectivity index (χ3v) is 3.92. The van der Waals surface area contributed by atoms with Crippen LogP contribution in [0.4, 0.5) is 5.82 Å². The van der Waals surface area contributed by atoms with Crippen molar-refractivity contribution in [3.05, 3.63) is 42.9 Å². The number of rotatable bonds is 5. The van der Waals surface area contributed by atoms with Crippen LogP contribution in [0.5, 0.6) is 0 Å². The molecule has 7 heteroatoms. The minimum Gasteiger partial charge on any atom is -0.376 e. The number of ether oxygens (including phenoxy) is 1. The smallest absolute Gasteiger partial charge is 0.263 e. The quantitative estimate of drug-likeness (QED) is 0.772. The van der Waals surface area contributed by atoms with Crippen molar-refractivity contribution in [3.63, 3.8) is 0 Å². The molecule has 1 aromatic carbocycles. The molecule has 0 unspecified atom stereocenters. The van der Waals surface area contributed by atoms with Gasteiger partial charge in [-0.2, -0.15) is 4.98 Å². The highest BCUT2D eigenvalue weighted by Gasteiger charge is 2.18. The van der Waals surface area contributed by atoms with Crippen LogP contribution in [0.1, 0.15) is 12.8 Å². The molecule has 0 saturated carbocycles. The highest BCUT2D eigenvalue weighted by molar-refractivity contribution is 5.69. The van der Waals surface area contributed by atoms with E-state index in [0.29, 0.717) is 29.6 Å². The van der Waals surface area contributed by atoms with E-state index < -0.39 is 0 Å². The van der Waals surface area contributed by atoms with E-state index in [2.05, 4.69) is 25.4 Å². The summed E-state index contributed by atoms with van der Waals surface area (Å²) in [5, 5.41) is 7.35. The molecule has 0 bridgehead atoms. The summed E-state index contributed by atoms with van der Waals surface area (Å²) in [6.45, 7) is 1.52. The largest absolute Gasteiger partial charge is 0.376 e. The topological polar surface area (TPSA) is 86.0 Å². The number of nitrogens with zero attached hydrogens (tertiary/aromatic N) is 4. The first-order valence-electron chi connectivity index (χ1n) is 7.95. The lowest BCUT2D eigenvalue weighted by Gasteiger charge is -2.12. The van der Waals surface area contributed by atoms with Gasteiger partial charge in [-0.25, -0.2) is 9.97 Å². The Labute approximate surface area is 139 Å². The van der Waals surface area contributed by atoms with Crippen molar-refractivity contribution in [2.24, 2.45) is 0 Å². The van der Waals surface area contributed by atoms with E-state index >= 15 is 0 Å². The van der Waals surface area contributed by atoms with Crippen LogP contribution >= 0.6 is 0 Å². The van der Waals surface area contributed by atoms with Crippen molar-refractivity contribution in [1.82, 2.24) is 20.1 Å². The minimum absolute atomic E-state index is 0.218. The van der Waals surface area contributed by atoms with Crippen LogP contribution < -0.4 is 5.32 Å². The van der Waals surface area contributed by atoms with Crippen LogP contribution in [-0.2, 0) is 4.74 Å². The summed E-state index contributed by atoms with van der Waals surface area (Å²) >= 11 is 0. The molecule has 0 radical (unpaired) electrons. The lowest BCUT2D eigenvalue weighted by atomic mass is 10.2. The molecule has 1 N–H and O–H groups in total. The maximum atomic E-state index is 5.62. The number of nitrogens with one attached hydrogen (secondary N) is 1. The Bertz CT molecular complexity index is 800. The SMILES string of the molecule is c1ccc(-c2noc(-c3cncnc3NC[C@@H]3CCCO3)n2)cc1. The zero-order chi connectivity index (χ0) is 16.2. The molecule has 1 saturated heterocycles. The average molecular weight is 323 g/mol. The van der Waals surface area contributed by atoms with Gasteiger partial charge in [-0.1, -0.05) is 35.5 Å². The first kappa shape index (κ1) is 14.8. The van der Waals surface area contributed by atoms with Crippen molar-refractivity contribution in [2.75, 3.05) is 18.5 Å². The highest BCUT2D eigenvalue weighted by atomic mass is 16.5. The van der Waals surface area contributed by atoms with Crippen LogP contribution in [0.3, 0.4) is 0 Å². The molecule has 3 heterocycles. The number of aromatic nitrogens is 4. The second-order valence-corrected chi connectivity index (χ2v) is 5.59. The van der Waals surface area contributed by atoms with E-state index in [1.807, 2.05) is 30.3 Å². The highest BCUT2D eigenvalue weighted by Crippen LogP contribution is 2.26. The second kappa shape index (κ2) is 6.76. The van der Waals surface area contributed by atoms with Crippen LogP contribution in [0.25, 0.3) is 22.8 Å². The van der Waals surface area contributed by atoms with Gasteiger partial charge in [0.1, 0.15) is 17.7 Å². The zero-order valence-electron chi connectivity index (χ0n) is 13.1. The van der Waals surface area contributed by atoms with E-state index in [0.717, 1.165) is 25.0 Å². The summed E-state index contributed by atoms with van der Waals surface area (Å²) in [5.74, 6) is 1.60. The van der Waals surface area contributed by atoms with Gasteiger partial charge in [0.25, 0.3) is 5.89 Å². The molecular formula is C17H17N5O2. The minimum atomic E-state index is 0.218. The van der Waals surface area contributed by atoms with Gasteiger partial charge in [-0.05, 0) is 12.8 Å². The molecule has 2 aromatic heterocycles. The summed E-state index contributed by atoms with van der Waals surface area (Å²) in [6.07, 6.45) is 5.55. The van der Waals surface area contributed by atoms with E-state index in [1.165, 1.54) is 6.33 Å². The third kappa shape index (κ3) is 3.11. The molecule has 7 nitrogen and oxygen atoms in total. The summed E-state index contributed by atoms with van der Waals surface area (Å²) in [6, 6.07) is 9.69. The van der Waals surface area contributed by atoms with E-state index in [9.17, 15) is 0 Å². The Morgan fingerprint density at radius 2 is 2.12 bits per heavy atom. The summed E-state index contributed by atoms with van der Waals surface area (Å²) < 4.78 is 11.0. The van der Waals surface area contributed by atoms with E-state index in [4.69, 9.17) is 9.26 Å².